The van der Waals surface area contributed by atoms with E-state index in [1.165, 1.54) is 11.1 Å². The molecule has 3 rings (SSSR count). The highest BCUT2D eigenvalue weighted by Gasteiger charge is 2.42. The highest BCUT2D eigenvalue weighted by molar-refractivity contribution is 9.09. The van der Waals surface area contributed by atoms with Gasteiger partial charge in [-0.1, -0.05) is 76.6 Å². The fourth-order valence-electron chi connectivity index (χ4n) is 2.19. The Kier molecular flexibility index (Phi) is 3.00. The monoisotopic (exact) mass is 288 g/mol. The van der Waals surface area contributed by atoms with Gasteiger partial charge in [0.25, 0.3) is 0 Å². The Labute approximate surface area is 110 Å². The van der Waals surface area contributed by atoms with Crippen molar-refractivity contribution in [2.75, 3.05) is 0 Å². The van der Waals surface area contributed by atoms with Gasteiger partial charge >= 0.3 is 0 Å². The van der Waals surface area contributed by atoms with Crippen molar-refractivity contribution in [2.24, 2.45) is 0 Å². The quantitative estimate of drug-likeness (QED) is 0.750. The van der Waals surface area contributed by atoms with Gasteiger partial charge in [-0.15, -0.1) is 0 Å². The van der Waals surface area contributed by atoms with Crippen LogP contribution in [0.4, 0.5) is 0 Å². The topological polar surface area (TPSA) is 9.23 Å². The van der Waals surface area contributed by atoms with Gasteiger partial charge in [0.05, 0.1) is 17.0 Å². The minimum Gasteiger partial charge on any atom is -0.363 e. The van der Waals surface area contributed by atoms with Crippen LogP contribution in [-0.4, -0.2) is 4.83 Å². The molecule has 1 saturated heterocycles. The fraction of sp³-hybridized carbons (Fsp3) is 0.200. The third kappa shape index (κ3) is 2.03. The first-order chi connectivity index (χ1) is 8.36. The number of hydrogen-bond acceptors (Lipinski definition) is 1. The number of hydrogen-bond donors (Lipinski definition) is 0. The molecule has 0 aliphatic carbocycles. The van der Waals surface area contributed by atoms with Crippen molar-refractivity contribution in [3.05, 3.63) is 71.8 Å². The highest BCUT2D eigenvalue weighted by atomic mass is 79.9. The molecule has 1 fully saturated rings. The lowest BCUT2D eigenvalue weighted by Crippen LogP contribution is -2.36. The lowest BCUT2D eigenvalue weighted by molar-refractivity contribution is -0.118. The van der Waals surface area contributed by atoms with Crippen LogP contribution in [-0.2, 0) is 4.74 Å². The molecule has 0 aromatic heterocycles. The highest BCUT2D eigenvalue weighted by Crippen LogP contribution is 2.48. The van der Waals surface area contributed by atoms with Gasteiger partial charge in [-0.2, -0.15) is 0 Å². The first kappa shape index (κ1) is 11.0. The lowest BCUT2D eigenvalue weighted by atomic mass is 9.93. The fourth-order valence-corrected chi connectivity index (χ4v) is 3.05. The normalized spacial score (nSPS) is 24.3. The summed E-state index contributed by atoms with van der Waals surface area (Å²) >= 11 is 3.74. The van der Waals surface area contributed by atoms with Crippen molar-refractivity contribution < 1.29 is 4.74 Å². The second-order valence-corrected chi connectivity index (χ2v) is 5.30. The summed E-state index contributed by atoms with van der Waals surface area (Å²) in [6, 6.07) is 20.7. The van der Waals surface area contributed by atoms with Crippen LogP contribution in [0.2, 0.25) is 0 Å². The number of benzene rings is 2. The summed E-state index contributed by atoms with van der Waals surface area (Å²) in [7, 11) is 0. The zero-order valence-electron chi connectivity index (χ0n) is 9.29. The Bertz CT molecular complexity index is 437. The van der Waals surface area contributed by atoms with Gasteiger partial charge in [-0.05, 0) is 11.1 Å². The molecule has 86 valence electrons. The molecular weight excluding hydrogens is 276 g/mol. The summed E-state index contributed by atoms with van der Waals surface area (Å²) in [6.07, 6.45) is 0.336. The van der Waals surface area contributed by atoms with Gasteiger partial charge in [0.15, 0.2) is 0 Å². The van der Waals surface area contributed by atoms with E-state index in [9.17, 15) is 0 Å². The molecule has 0 radical (unpaired) electrons. The Balaban J connectivity index is 1.76. The molecule has 1 nitrogen and oxygen atoms in total. The van der Waals surface area contributed by atoms with Crippen LogP contribution in [0, 0.1) is 0 Å². The molecule has 2 aromatic rings. The first-order valence-corrected chi connectivity index (χ1v) is 6.67. The van der Waals surface area contributed by atoms with Crippen LogP contribution < -0.4 is 0 Å². The zero-order valence-corrected chi connectivity index (χ0v) is 10.9. The van der Waals surface area contributed by atoms with E-state index in [0.29, 0.717) is 4.83 Å². The molecule has 0 N–H and O–H groups in total. The molecule has 17 heavy (non-hydrogen) atoms. The summed E-state index contributed by atoms with van der Waals surface area (Å²) in [5, 5.41) is 0. The van der Waals surface area contributed by atoms with Crippen LogP contribution in [0.3, 0.4) is 0 Å². The Morgan fingerprint density at radius 1 is 0.706 bits per heavy atom. The van der Waals surface area contributed by atoms with Gasteiger partial charge in [0.1, 0.15) is 0 Å². The summed E-state index contributed by atoms with van der Waals surface area (Å²) in [4.78, 5) is 0.354. The van der Waals surface area contributed by atoms with Crippen LogP contribution in [0.25, 0.3) is 0 Å². The second-order valence-electron chi connectivity index (χ2n) is 4.24. The molecule has 0 amide bonds. The third-order valence-electron chi connectivity index (χ3n) is 3.13. The molecule has 0 saturated carbocycles. The molecule has 2 aromatic carbocycles. The summed E-state index contributed by atoms with van der Waals surface area (Å²) < 4.78 is 5.98. The average Bonchev–Trinajstić information content (AvgIpc) is 2.40. The molecule has 0 bridgehead atoms. The van der Waals surface area contributed by atoms with E-state index in [4.69, 9.17) is 4.74 Å². The molecule has 2 atom stereocenters. The number of rotatable bonds is 2. The third-order valence-corrected chi connectivity index (χ3v) is 4.09. The van der Waals surface area contributed by atoms with E-state index < -0.39 is 0 Å². The largest absolute Gasteiger partial charge is 0.363 e. The van der Waals surface area contributed by atoms with Crippen molar-refractivity contribution >= 4 is 15.9 Å². The second kappa shape index (κ2) is 4.63. The number of alkyl halides is 1. The van der Waals surface area contributed by atoms with Gasteiger partial charge in [-0.25, -0.2) is 0 Å². The summed E-state index contributed by atoms with van der Waals surface area (Å²) in [6.45, 7) is 0. The molecule has 1 heterocycles. The Morgan fingerprint density at radius 3 is 1.47 bits per heavy atom. The molecule has 1 aliphatic heterocycles. The zero-order chi connectivity index (χ0) is 11.7. The summed E-state index contributed by atoms with van der Waals surface area (Å²) in [5.74, 6) is 0. The predicted octanol–water partition coefficient (Wildman–Crippen LogP) is 4.26. The van der Waals surface area contributed by atoms with Crippen LogP contribution >= 0.6 is 15.9 Å². The van der Waals surface area contributed by atoms with Crippen molar-refractivity contribution in [3.8, 4) is 0 Å². The van der Waals surface area contributed by atoms with E-state index >= 15 is 0 Å². The van der Waals surface area contributed by atoms with Crippen molar-refractivity contribution in [3.63, 3.8) is 0 Å². The lowest BCUT2D eigenvalue weighted by Gasteiger charge is -2.42. The smallest absolute Gasteiger partial charge is 0.0987 e. The Morgan fingerprint density at radius 2 is 1.12 bits per heavy atom. The van der Waals surface area contributed by atoms with Gasteiger partial charge in [-0.3, -0.25) is 0 Å². The average molecular weight is 289 g/mol. The van der Waals surface area contributed by atoms with Crippen LogP contribution in [0.1, 0.15) is 23.3 Å². The van der Waals surface area contributed by atoms with Crippen molar-refractivity contribution in [2.45, 2.75) is 17.0 Å². The van der Waals surface area contributed by atoms with E-state index in [2.05, 4.69) is 40.2 Å². The maximum Gasteiger partial charge on any atom is 0.0987 e. The van der Waals surface area contributed by atoms with Gasteiger partial charge < -0.3 is 4.74 Å². The maximum absolute atomic E-state index is 5.98. The van der Waals surface area contributed by atoms with Crippen LogP contribution in [0.5, 0.6) is 0 Å². The standard InChI is InChI=1S/C15H13BrO/c16-13-14(11-7-3-1-4-8-11)17-15(13)12-9-5-2-6-10-12/h1-10,13-15H/t14-,15-/m1/s1. The van der Waals surface area contributed by atoms with Crippen molar-refractivity contribution in [1.82, 2.24) is 0 Å². The van der Waals surface area contributed by atoms with Gasteiger partial charge in [0.2, 0.25) is 0 Å². The predicted molar refractivity (Wildman–Crippen MR) is 72.2 cm³/mol. The van der Waals surface area contributed by atoms with Crippen LogP contribution in [0.15, 0.2) is 60.7 Å². The van der Waals surface area contributed by atoms with E-state index in [-0.39, 0.29) is 12.2 Å². The van der Waals surface area contributed by atoms with E-state index in [0.717, 1.165) is 0 Å². The Hall–Kier alpha value is -1.12. The van der Waals surface area contributed by atoms with E-state index in [1.54, 1.807) is 0 Å². The molecule has 1 aliphatic rings. The molecule has 2 heteroatoms. The number of halogens is 1. The number of ether oxygens (including phenoxy) is 1. The van der Waals surface area contributed by atoms with E-state index in [1.807, 2.05) is 36.4 Å². The summed E-state index contributed by atoms with van der Waals surface area (Å²) in [5.41, 5.74) is 2.48. The molecule has 0 spiro atoms. The van der Waals surface area contributed by atoms with Crippen molar-refractivity contribution in [1.29, 1.82) is 0 Å². The first-order valence-electron chi connectivity index (χ1n) is 5.76. The minimum atomic E-state index is 0.168. The minimum absolute atomic E-state index is 0.168. The molecule has 0 unspecified atom stereocenters. The SMILES string of the molecule is BrC1[C@@H](c2ccccc2)O[C@@H]1c1ccccc1. The maximum atomic E-state index is 5.98. The van der Waals surface area contributed by atoms with Gasteiger partial charge in [0, 0.05) is 0 Å². The molecular formula is C15H13BrO.